The average molecular weight is 166 g/mol. The Morgan fingerprint density at radius 3 is 2.33 bits per heavy atom. The Morgan fingerprint density at radius 2 is 1.75 bits per heavy atom. The molecule has 1 aliphatic carbocycles. The van der Waals surface area contributed by atoms with Crippen LogP contribution in [0.4, 0.5) is 0 Å². The average Bonchev–Trinajstić information content (AvgIpc) is 2.33. The van der Waals surface area contributed by atoms with Gasteiger partial charge in [0.1, 0.15) is 0 Å². The lowest BCUT2D eigenvalue weighted by molar-refractivity contribution is 0.702. The number of allylic oxidation sites excluding steroid dienone is 2. The zero-order valence-electron chi connectivity index (χ0n) is 8.44. The first-order valence-electron chi connectivity index (χ1n) is 5.61. The van der Waals surface area contributed by atoms with Crippen LogP contribution in [0.2, 0.25) is 0 Å². The number of unbranched alkanes of at least 4 members (excludes halogenated alkanes) is 2. The van der Waals surface area contributed by atoms with Crippen molar-refractivity contribution in [2.75, 3.05) is 0 Å². The molecule has 0 spiro atoms. The second kappa shape index (κ2) is 6.28. The monoisotopic (exact) mass is 166 g/mol. The van der Waals surface area contributed by atoms with Gasteiger partial charge in [0.2, 0.25) is 0 Å². The Bertz CT molecular complexity index is 123. The highest BCUT2D eigenvalue weighted by molar-refractivity contribution is 5.02. The maximum Gasteiger partial charge on any atom is -0.0320 e. The largest absolute Gasteiger partial charge is 0.0853 e. The van der Waals surface area contributed by atoms with Crippen LogP contribution in [0.5, 0.6) is 0 Å². The highest BCUT2D eigenvalue weighted by Crippen LogP contribution is 2.22. The van der Waals surface area contributed by atoms with Gasteiger partial charge in [-0.15, -0.1) is 0 Å². The molecule has 0 aromatic heterocycles. The first-order chi connectivity index (χ1) is 5.93. The van der Waals surface area contributed by atoms with Crippen molar-refractivity contribution in [1.29, 1.82) is 0 Å². The lowest BCUT2D eigenvalue weighted by Gasteiger charge is -2.01. The molecule has 0 nitrogen and oxygen atoms in total. The second-order valence-corrected chi connectivity index (χ2v) is 3.92. The summed E-state index contributed by atoms with van der Waals surface area (Å²) < 4.78 is 0. The summed E-state index contributed by atoms with van der Waals surface area (Å²) in [6, 6.07) is 0. The quantitative estimate of drug-likeness (QED) is 0.330. The smallest absolute Gasteiger partial charge is 0.0320 e. The fourth-order valence-electron chi connectivity index (χ4n) is 1.90. The van der Waals surface area contributed by atoms with Crippen LogP contribution in [-0.2, 0) is 0 Å². The molecule has 0 heterocycles. The minimum atomic E-state index is 1.33. The minimum Gasteiger partial charge on any atom is -0.0853 e. The Kier molecular flexibility index (Phi) is 5.14. The molecule has 70 valence electrons. The molecule has 1 fully saturated rings. The molecule has 1 aliphatic rings. The number of rotatable bonds is 3. The Labute approximate surface area is 77.1 Å². The third-order valence-electron chi connectivity index (χ3n) is 2.74. The van der Waals surface area contributed by atoms with Gasteiger partial charge in [-0.1, -0.05) is 44.3 Å². The number of hydrogen-bond acceptors (Lipinski definition) is 0. The van der Waals surface area contributed by atoms with E-state index in [-0.39, 0.29) is 0 Å². The molecule has 0 aromatic carbocycles. The SMILES string of the molecule is CCCCC=C1CCCCCC1. The van der Waals surface area contributed by atoms with E-state index in [2.05, 4.69) is 13.0 Å². The van der Waals surface area contributed by atoms with Crippen molar-refractivity contribution in [3.05, 3.63) is 11.6 Å². The third-order valence-corrected chi connectivity index (χ3v) is 2.74. The fourth-order valence-corrected chi connectivity index (χ4v) is 1.90. The maximum atomic E-state index is 2.51. The summed E-state index contributed by atoms with van der Waals surface area (Å²) >= 11 is 0. The molecule has 0 amide bonds. The third kappa shape index (κ3) is 3.94. The molecular formula is C12H22. The van der Waals surface area contributed by atoms with Crippen LogP contribution in [0.3, 0.4) is 0 Å². The predicted molar refractivity (Wildman–Crippen MR) is 55.3 cm³/mol. The van der Waals surface area contributed by atoms with Crippen LogP contribution in [0, 0.1) is 0 Å². The zero-order valence-corrected chi connectivity index (χ0v) is 8.44. The number of hydrogen-bond donors (Lipinski definition) is 0. The summed E-state index contributed by atoms with van der Waals surface area (Å²) in [6.45, 7) is 2.27. The maximum absolute atomic E-state index is 2.51. The van der Waals surface area contributed by atoms with Gasteiger partial charge in [0.05, 0.1) is 0 Å². The van der Waals surface area contributed by atoms with E-state index < -0.39 is 0 Å². The van der Waals surface area contributed by atoms with Gasteiger partial charge in [0, 0.05) is 0 Å². The zero-order chi connectivity index (χ0) is 8.65. The van der Waals surface area contributed by atoms with E-state index in [4.69, 9.17) is 0 Å². The summed E-state index contributed by atoms with van der Waals surface area (Å²) in [7, 11) is 0. The van der Waals surface area contributed by atoms with E-state index in [9.17, 15) is 0 Å². The van der Waals surface area contributed by atoms with Crippen LogP contribution < -0.4 is 0 Å². The molecule has 12 heavy (non-hydrogen) atoms. The van der Waals surface area contributed by atoms with Crippen molar-refractivity contribution in [2.45, 2.75) is 64.7 Å². The van der Waals surface area contributed by atoms with Crippen LogP contribution in [-0.4, -0.2) is 0 Å². The van der Waals surface area contributed by atoms with Crippen LogP contribution >= 0.6 is 0 Å². The summed E-state index contributed by atoms with van der Waals surface area (Å²) in [5.74, 6) is 0. The van der Waals surface area contributed by atoms with E-state index in [0.717, 1.165) is 0 Å². The molecule has 0 aliphatic heterocycles. The van der Waals surface area contributed by atoms with E-state index in [0.29, 0.717) is 0 Å². The second-order valence-electron chi connectivity index (χ2n) is 3.92. The van der Waals surface area contributed by atoms with Crippen molar-refractivity contribution in [3.63, 3.8) is 0 Å². The topological polar surface area (TPSA) is 0 Å². The lowest BCUT2D eigenvalue weighted by atomic mass is 10.1. The molecular weight excluding hydrogens is 144 g/mol. The fraction of sp³-hybridized carbons (Fsp3) is 0.833. The standard InChI is InChI=1S/C12H22/c1-2-3-6-9-12-10-7-4-5-8-11-12/h9H,2-8,10-11H2,1H3. The van der Waals surface area contributed by atoms with Crippen LogP contribution in [0.25, 0.3) is 0 Å². The summed E-state index contributed by atoms with van der Waals surface area (Å²) in [6.07, 6.45) is 15.1. The van der Waals surface area contributed by atoms with Gasteiger partial charge in [-0.3, -0.25) is 0 Å². The molecule has 0 atom stereocenters. The van der Waals surface area contributed by atoms with Gasteiger partial charge < -0.3 is 0 Å². The van der Waals surface area contributed by atoms with E-state index in [1.165, 1.54) is 57.8 Å². The van der Waals surface area contributed by atoms with Gasteiger partial charge in [0.15, 0.2) is 0 Å². The van der Waals surface area contributed by atoms with Crippen molar-refractivity contribution in [2.24, 2.45) is 0 Å². The summed E-state index contributed by atoms with van der Waals surface area (Å²) in [5.41, 5.74) is 1.75. The Hall–Kier alpha value is -0.260. The van der Waals surface area contributed by atoms with Crippen molar-refractivity contribution in [3.8, 4) is 0 Å². The Morgan fingerprint density at radius 1 is 1.08 bits per heavy atom. The molecule has 0 unspecified atom stereocenters. The molecule has 0 bridgehead atoms. The van der Waals surface area contributed by atoms with Crippen LogP contribution in [0.15, 0.2) is 11.6 Å². The first kappa shape index (κ1) is 9.83. The molecule has 0 saturated heterocycles. The van der Waals surface area contributed by atoms with E-state index in [1.807, 2.05) is 0 Å². The Balaban J connectivity index is 2.22. The molecule has 1 rings (SSSR count). The highest BCUT2D eigenvalue weighted by atomic mass is 14.1. The van der Waals surface area contributed by atoms with Gasteiger partial charge in [-0.25, -0.2) is 0 Å². The predicted octanol–water partition coefficient (Wildman–Crippen LogP) is 4.46. The molecule has 0 N–H and O–H groups in total. The van der Waals surface area contributed by atoms with Crippen molar-refractivity contribution < 1.29 is 0 Å². The summed E-state index contributed by atoms with van der Waals surface area (Å²) in [5, 5.41) is 0. The first-order valence-corrected chi connectivity index (χ1v) is 5.61. The highest BCUT2D eigenvalue weighted by Gasteiger charge is 2.02. The minimum absolute atomic E-state index is 1.33. The van der Waals surface area contributed by atoms with Gasteiger partial charge in [-0.05, 0) is 32.1 Å². The molecule has 0 radical (unpaired) electrons. The van der Waals surface area contributed by atoms with Gasteiger partial charge >= 0.3 is 0 Å². The molecule has 0 aromatic rings. The molecule has 1 saturated carbocycles. The van der Waals surface area contributed by atoms with Crippen LogP contribution in [0.1, 0.15) is 64.7 Å². The van der Waals surface area contributed by atoms with Gasteiger partial charge in [-0.2, -0.15) is 0 Å². The van der Waals surface area contributed by atoms with Crippen molar-refractivity contribution >= 4 is 0 Å². The normalized spacial score (nSPS) is 18.9. The van der Waals surface area contributed by atoms with E-state index >= 15 is 0 Å². The lowest BCUT2D eigenvalue weighted by Crippen LogP contribution is -1.81. The van der Waals surface area contributed by atoms with Gasteiger partial charge in [0.25, 0.3) is 0 Å². The van der Waals surface area contributed by atoms with Crippen molar-refractivity contribution in [1.82, 2.24) is 0 Å². The summed E-state index contributed by atoms with van der Waals surface area (Å²) in [4.78, 5) is 0. The molecule has 0 heteroatoms. The van der Waals surface area contributed by atoms with E-state index in [1.54, 1.807) is 5.57 Å².